The number of nitroso groups, excluding NO2 is 1. The first kappa shape index (κ1) is 13.2. The maximum atomic E-state index is 10.5. The fraction of sp³-hybridized carbons (Fsp3) is 0.182. The molecule has 2 heterocycles. The maximum Gasteiger partial charge on any atom is 0.268 e. The van der Waals surface area contributed by atoms with Gasteiger partial charge in [0.1, 0.15) is 18.5 Å². The second-order valence-corrected chi connectivity index (χ2v) is 4.23. The van der Waals surface area contributed by atoms with E-state index in [4.69, 9.17) is 9.52 Å². The molecule has 1 aromatic carbocycles. The SMILES string of the molecule is C[OH2+].Cc1nnc(-c2nsc3ccc(N=O)cc23)o1. The Morgan fingerprint density at radius 2 is 2.11 bits per heavy atom. The molecule has 19 heavy (non-hydrogen) atoms. The Balaban J connectivity index is 0.000000637. The molecule has 0 unspecified atom stereocenters. The third-order valence-electron chi connectivity index (χ3n) is 2.29. The van der Waals surface area contributed by atoms with Crippen molar-refractivity contribution in [3.8, 4) is 11.6 Å². The monoisotopic (exact) mass is 279 g/mol. The molecule has 98 valence electrons. The summed E-state index contributed by atoms with van der Waals surface area (Å²) in [6, 6.07) is 5.12. The van der Waals surface area contributed by atoms with Crippen LogP contribution < -0.4 is 0 Å². The quantitative estimate of drug-likeness (QED) is 0.529. The van der Waals surface area contributed by atoms with Crippen LogP contribution in [0.1, 0.15) is 5.89 Å². The van der Waals surface area contributed by atoms with Gasteiger partial charge in [-0.05, 0) is 34.9 Å². The Morgan fingerprint density at radius 3 is 2.74 bits per heavy atom. The van der Waals surface area contributed by atoms with E-state index in [0.717, 1.165) is 10.1 Å². The molecule has 0 saturated heterocycles. The van der Waals surface area contributed by atoms with Crippen molar-refractivity contribution in [3.63, 3.8) is 0 Å². The van der Waals surface area contributed by atoms with Gasteiger partial charge in [-0.3, -0.25) is 0 Å². The summed E-state index contributed by atoms with van der Waals surface area (Å²) < 4.78 is 10.5. The van der Waals surface area contributed by atoms with Crippen molar-refractivity contribution in [2.24, 2.45) is 5.18 Å². The molecule has 0 radical (unpaired) electrons. The van der Waals surface area contributed by atoms with Crippen LogP contribution in [0.5, 0.6) is 0 Å². The number of aryl methyl sites for hydroxylation is 1. The molecule has 3 aromatic rings. The van der Waals surface area contributed by atoms with E-state index in [1.807, 2.05) is 0 Å². The van der Waals surface area contributed by atoms with Gasteiger partial charge in [0.25, 0.3) is 5.89 Å². The summed E-state index contributed by atoms with van der Waals surface area (Å²) in [6.07, 6.45) is 0. The highest BCUT2D eigenvalue weighted by atomic mass is 32.1. The first-order valence-corrected chi connectivity index (χ1v) is 6.08. The second-order valence-electron chi connectivity index (χ2n) is 3.43. The zero-order valence-corrected chi connectivity index (χ0v) is 11.1. The lowest BCUT2D eigenvalue weighted by atomic mass is 10.2. The lowest BCUT2D eigenvalue weighted by Gasteiger charge is -1.92. The first-order valence-electron chi connectivity index (χ1n) is 5.31. The average molecular weight is 279 g/mol. The van der Waals surface area contributed by atoms with E-state index >= 15 is 0 Å². The van der Waals surface area contributed by atoms with E-state index in [1.54, 1.807) is 25.1 Å². The third kappa shape index (κ3) is 2.49. The normalized spacial score (nSPS) is 10.1. The molecule has 0 saturated carbocycles. The summed E-state index contributed by atoms with van der Waals surface area (Å²) >= 11 is 1.32. The van der Waals surface area contributed by atoms with E-state index in [-0.39, 0.29) is 0 Å². The predicted molar refractivity (Wildman–Crippen MR) is 72.6 cm³/mol. The number of rotatable bonds is 2. The van der Waals surface area contributed by atoms with Crippen LogP contribution in [0, 0.1) is 11.8 Å². The van der Waals surface area contributed by atoms with Crippen molar-refractivity contribution < 1.29 is 9.52 Å². The number of hydrogen-bond acceptors (Lipinski definition) is 7. The van der Waals surface area contributed by atoms with E-state index in [1.165, 1.54) is 18.6 Å². The lowest BCUT2D eigenvalue weighted by molar-refractivity contribution is 0.399. The standard InChI is InChI=1S/C10H6N4O2S.CH4O/c1-5-11-12-10(16-5)9-7-4-6(13-15)2-3-8(7)17-14-9;1-2/h2-4H,1H3;2H,1H3/p+1. The molecule has 0 spiro atoms. The van der Waals surface area contributed by atoms with Crippen LogP contribution in [0.15, 0.2) is 27.8 Å². The van der Waals surface area contributed by atoms with Crippen LogP contribution in [-0.4, -0.2) is 26.8 Å². The molecule has 0 aliphatic rings. The van der Waals surface area contributed by atoms with Gasteiger partial charge in [0.2, 0.25) is 5.89 Å². The minimum absolute atomic E-state index is 0.357. The van der Waals surface area contributed by atoms with Crippen LogP contribution in [0.2, 0.25) is 0 Å². The van der Waals surface area contributed by atoms with Gasteiger partial charge in [-0.1, -0.05) is 0 Å². The fourth-order valence-electron chi connectivity index (χ4n) is 1.53. The fourth-order valence-corrected chi connectivity index (χ4v) is 2.28. The Kier molecular flexibility index (Phi) is 3.93. The van der Waals surface area contributed by atoms with Crippen LogP contribution in [0.4, 0.5) is 5.69 Å². The van der Waals surface area contributed by atoms with Gasteiger partial charge in [0, 0.05) is 12.3 Å². The van der Waals surface area contributed by atoms with Gasteiger partial charge < -0.3 is 9.52 Å². The summed E-state index contributed by atoms with van der Waals surface area (Å²) in [6.45, 7) is 1.71. The Labute approximate surface area is 112 Å². The third-order valence-corrected chi connectivity index (χ3v) is 3.11. The van der Waals surface area contributed by atoms with Gasteiger partial charge in [0.15, 0.2) is 0 Å². The van der Waals surface area contributed by atoms with Crippen LogP contribution >= 0.6 is 11.5 Å². The molecule has 0 amide bonds. The first-order chi connectivity index (χ1) is 9.28. The van der Waals surface area contributed by atoms with Gasteiger partial charge in [0.05, 0.1) is 4.70 Å². The largest absolute Gasteiger partial charge is 0.448 e. The summed E-state index contributed by atoms with van der Waals surface area (Å²) in [5.74, 6) is 0.836. The molecule has 7 nitrogen and oxygen atoms in total. The Hall–Kier alpha value is -2.19. The molecular formula is C11H11N4O3S+. The van der Waals surface area contributed by atoms with Gasteiger partial charge in [-0.25, -0.2) is 0 Å². The van der Waals surface area contributed by atoms with Gasteiger partial charge in [-0.2, -0.15) is 4.37 Å². The minimum atomic E-state index is 0.357. The zero-order chi connectivity index (χ0) is 13.8. The molecular weight excluding hydrogens is 268 g/mol. The van der Waals surface area contributed by atoms with E-state index in [0.29, 0.717) is 23.2 Å². The Morgan fingerprint density at radius 1 is 1.32 bits per heavy atom. The number of benzene rings is 1. The Bertz CT molecular complexity index is 707. The molecule has 0 aliphatic heterocycles. The van der Waals surface area contributed by atoms with Crippen molar-refractivity contribution in [1.82, 2.24) is 14.6 Å². The average Bonchev–Trinajstić information content (AvgIpc) is 3.06. The van der Waals surface area contributed by atoms with Crippen LogP contribution in [0.25, 0.3) is 21.7 Å². The van der Waals surface area contributed by atoms with Crippen molar-refractivity contribution in [2.45, 2.75) is 6.92 Å². The molecule has 0 fully saturated rings. The molecule has 3 rings (SSSR count). The smallest absolute Gasteiger partial charge is 0.268 e. The maximum absolute atomic E-state index is 10.5. The zero-order valence-electron chi connectivity index (χ0n) is 10.2. The van der Waals surface area contributed by atoms with E-state index in [9.17, 15) is 4.91 Å². The summed E-state index contributed by atoms with van der Waals surface area (Å²) in [5, 5.41) is 17.1. The number of nitrogens with zero attached hydrogens (tertiary/aromatic N) is 4. The number of aromatic nitrogens is 3. The van der Waals surface area contributed by atoms with Crippen molar-refractivity contribution in [3.05, 3.63) is 29.0 Å². The predicted octanol–water partition coefficient (Wildman–Crippen LogP) is 2.39. The van der Waals surface area contributed by atoms with Crippen molar-refractivity contribution in [1.29, 1.82) is 0 Å². The summed E-state index contributed by atoms with van der Waals surface area (Å²) in [4.78, 5) is 10.5. The van der Waals surface area contributed by atoms with Crippen LogP contribution in [0.3, 0.4) is 0 Å². The van der Waals surface area contributed by atoms with Crippen molar-refractivity contribution >= 4 is 27.3 Å². The second kappa shape index (κ2) is 5.63. The molecule has 8 heteroatoms. The topological polar surface area (TPSA) is 104 Å². The summed E-state index contributed by atoms with van der Waals surface area (Å²) in [5.41, 5.74) is 0.950. The highest BCUT2D eigenvalue weighted by Crippen LogP contribution is 2.32. The molecule has 2 N–H and O–H groups in total. The molecule has 0 aliphatic carbocycles. The van der Waals surface area contributed by atoms with Gasteiger partial charge >= 0.3 is 0 Å². The van der Waals surface area contributed by atoms with Crippen molar-refractivity contribution in [2.75, 3.05) is 7.11 Å². The van der Waals surface area contributed by atoms with E-state index < -0.39 is 0 Å². The highest BCUT2D eigenvalue weighted by Gasteiger charge is 2.14. The van der Waals surface area contributed by atoms with Gasteiger partial charge in [-0.15, -0.1) is 15.1 Å². The lowest BCUT2D eigenvalue weighted by Crippen LogP contribution is -1.77. The number of fused-ring (bicyclic) bond motifs is 1. The van der Waals surface area contributed by atoms with Crippen LogP contribution in [-0.2, 0) is 0 Å². The van der Waals surface area contributed by atoms with E-state index in [2.05, 4.69) is 19.7 Å². The molecule has 0 atom stereocenters. The minimum Gasteiger partial charge on any atom is -0.448 e. The number of hydrogen-bond donors (Lipinski definition) is 0. The summed E-state index contributed by atoms with van der Waals surface area (Å²) in [7, 11) is 1.25. The highest BCUT2D eigenvalue weighted by molar-refractivity contribution is 7.13. The molecule has 2 aromatic heterocycles. The molecule has 0 bridgehead atoms.